The first-order valence-electron chi connectivity index (χ1n) is 10.7. The van der Waals surface area contributed by atoms with E-state index in [9.17, 15) is 9.59 Å². The SMILES string of the molecule is CCCC[C@H](CC)[C@@H]1[C@H]2C(=O)N(c3ccc(Br)cc3)C(=O)[C@H]2ON1c1ccccc1. The van der Waals surface area contributed by atoms with E-state index >= 15 is 0 Å². The molecule has 2 heterocycles. The van der Waals surface area contributed by atoms with Crippen LogP contribution in [0.5, 0.6) is 0 Å². The maximum atomic E-state index is 13.6. The zero-order valence-corrected chi connectivity index (χ0v) is 18.9. The summed E-state index contributed by atoms with van der Waals surface area (Å²) in [6.07, 6.45) is 3.35. The lowest BCUT2D eigenvalue weighted by molar-refractivity contribution is -0.126. The van der Waals surface area contributed by atoms with Crippen molar-refractivity contribution in [2.45, 2.75) is 51.7 Å². The first kappa shape index (κ1) is 21.1. The average molecular weight is 471 g/mol. The van der Waals surface area contributed by atoms with E-state index in [0.29, 0.717) is 5.69 Å². The molecule has 0 bridgehead atoms. The summed E-state index contributed by atoms with van der Waals surface area (Å²) in [4.78, 5) is 34.3. The fourth-order valence-electron chi connectivity index (χ4n) is 4.66. The molecule has 4 rings (SSSR count). The van der Waals surface area contributed by atoms with Crippen molar-refractivity contribution in [3.05, 3.63) is 59.1 Å². The Labute approximate surface area is 186 Å². The predicted octanol–water partition coefficient (Wildman–Crippen LogP) is 5.34. The number of carbonyl (C=O) groups is 2. The summed E-state index contributed by atoms with van der Waals surface area (Å²) in [6.45, 7) is 4.33. The average Bonchev–Trinajstić information content (AvgIpc) is 3.27. The number of hydroxylamine groups is 1. The van der Waals surface area contributed by atoms with Gasteiger partial charge in [0, 0.05) is 4.47 Å². The molecule has 5 nitrogen and oxygen atoms in total. The lowest BCUT2D eigenvalue weighted by atomic mass is 9.82. The van der Waals surface area contributed by atoms with Crippen LogP contribution in [0.25, 0.3) is 0 Å². The maximum Gasteiger partial charge on any atom is 0.266 e. The highest BCUT2D eigenvalue weighted by Crippen LogP contribution is 2.44. The summed E-state index contributed by atoms with van der Waals surface area (Å²) < 4.78 is 0.903. The molecule has 2 aromatic carbocycles. The minimum absolute atomic E-state index is 0.161. The van der Waals surface area contributed by atoms with Gasteiger partial charge in [0.2, 0.25) is 5.91 Å². The summed E-state index contributed by atoms with van der Waals surface area (Å²) in [5.41, 5.74) is 1.49. The number of nitrogens with zero attached hydrogens (tertiary/aromatic N) is 2. The number of rotatable bonds is 7. The Morgan fingerprint density at radius 3 is 2.30 bits per heavy atom. The van der Waals surface area contributed by atoms with E-state index in [1.54, 1.807) is 12.1 Å². The molecule has 0 aliphatic carbocycles. The highest BCUT2D eigenvalue weighted by molar-refractivity contribution is 9.10. The standard InChI is InChI=1S/C24H27BrN2O3/c1-3-5-9-16(4-2)21-20-22(30-27(21)19-10-7-6-8-11-19)24(29)26(23(20)28)18-14-12-17(25)13-15-18/h6-8,10-16,20-22H,3-5,9H2,1-2H3/t16-,20+,21+,22-/m0/s1. The number of carbonyl (C=O) groups excluding carboxylic acids is 2. The summed E-state index contributed by atoms with van der Waals surface area (Å²) >= 11 is 3.41. The van der Waals surface area contributed by atoms with Crippen molar-refractivity contribution in [1.29, 1.82) is 0 Å². The number of para-hydroxylation sites is 1. The van der Waals surface area contributed by atoms with E-state index in [1.165, 1.54) is 4.90 Å². The van der Waals surface area contributed by atoms with Gasteiger partial charge in [-0.3, -0.25) is 14.4 Å². The van der Waals surface area contributed by atoms with Gasteiger partial charge in [0.1, 0.15) is 0 Å². The van der Waals surface area contributed by atoms with Crippen LogP contribution < -0.4 is 9.96 Å². The fourth-order valence-corrected chi connectivity index (χ4v) is 4.93. The van der Waals surface area contributed by atoms with Crippen molar-refractivity contribution in [2.24, 2.45) is 11.8 Å². The molecule has 0 saturated carbocycles. The second kappa shape index (κ2) is 8.90. The maximum absolute atomic E-state index is 13.6. The molecule has 2 saturated heterocycles. The van der Waals surface area contributed by atoms with Crippen LogP contribution in [0.4, 0.5) is 11.4 Å². The highest BCUT2D eigenvalue weighted by Gasteiger charge is 2.61. The number of unbranched alkanes of at least 4 members (excludes halogenated alkanes) is 1. The summed E-state index contributed by atoms with van der Waals surface area (Å²) in [7, 11) is 0. The summed E-state index contributed by atoms with van der Waals surface area (Å²) in [6, 6.07) is 16.9. The molecule has 2 aromatic rings. The molecule has 0 unspecified atom stereocenters. The quantitative estimate of drug-likeness (QED) is 0.512. The minimum Gasteiger partial charge on any atom is -0.273 e. The van der Waals surface area contributed by atoms with Gasteiger partial charge >= 0.3 is 0 Å². The van der Waals surface area contributed by atoms with Crippen molar-refractivity contribution in [3.63, 3.8) is 0 Å². The van der Waals surface area contributed by atoms with Crippen LogP contribution in [0.2, 0.25) is 0 Å². The zero-order valence-electron chi connectivity index (χ0n) is 17.3. The molecule has 6 heteroatoms. The lowest BCUT2D eigenvalue weighted by Crippen LogP contribution is -2.44. The number of halogens is 1. The third-order valence-electron chi connectivity index (χ3n) is 6.19. The number of hydrogen-bond donors (Lipinski definition) is 0. The van der Waals surface area contributed by atoms with Crippen molar-refractivity contribution < 1.29 is 14.4 Å². The summed E-state index contributed by atoms with van der Waals surface area (Å²) in [5.74, 6) is -0.670. The third kappa shape index (κ3) is 3.67. The Morgan fingerprint density at radius 2 is 1.67 bits per heavy atom. The molecule has 0 spiro atoms. The van der Waals surface area contributed by atoms with Crippen molar-refractivity contribution in [2.75, 3.05) is 9.96 Å². The van der Waals surface area contributed by atoms with Gasteiger partial charge < -0.3 is 0 Å². The van der Waals surface area contributed by atoms with Crippen LogP contribution in [0, 0.1) is 11.8 Å². The Balaban J connectivity index is 1.71. The molecule has 158 valence electrons. The van der Waals surface area contributed by atoms with Crippen molar-refractivity contribution in [3.8, 4) is 0 Å². The number of anilines is 2. The van der Waals surface area contributed by atoms with Gasteiger partial charge in [-0.15, -0.1) is 0 Å². The molecule has 0 N–H and O–H groups in total. The van der Waals surface area contributed by atoms with Crippen LogP contribution in [0.3, 0.4) is 0 Å². The van der Waals surface area contributed by atoms with Crippen molar-refractivity contribution in [1.82, 2.24) is 0 Å². The van der Waals surface area contributed by atoms with Gasteiger partial charge in [0.15, 0.2) is 6.10 Å². The number of hydrogen-bond acceptors (Lipinski definition) is 4. The second-order valence-corrected chi connectivity index (χ2v) is 8.92. The normalized spacial score (nSPS) is 24.4. The Kier molecular flexibility index (Phi) is 6.25. The molecule has 2 amide bonds. The number of benzene rings is 2. The molecular formula is C24H27BrN2O3. The largest absolute Gasteiger partial charge is 0.273 e. The zero-order chi connectivity index (χ0) is 21.3. The number of imide groups is 1. The van der Waals surface area contributed by atoms with Crippen LogP contribution >= 0.6 is 15.9 Å². The van der Waals surface area contributed by atoms with Gasteiger partial charge in [-0.05, 0) is 48.7 Å². The van der Waals surface area contributed by atoms with E-state index in [-0.39, 0.29) is 23.8 Å². The van der Waals surface area contributed by atoms with Gasteiger partial charge in [0.05, 0.1) is 23.3 Å². The van der Waals surface area contributed by atoms with Crippen LogP contribution in [0.1, 0.15) is 39.5 Å². The molecule has 2 fully saturated rings. The molecule has 0 aromatic heterocycles. The predicted molar refractivity (Wildman–Crippen MR) is 121 cm³/mol. The first-order chi connectivity index (χ1) is 14.6. The molecule has 2 aliphatic rings. The Morgan fingerprint density at radius 1 is 0.967 bits per heavy atom. The van der Waals surface area contributed by atoms with E-state index < -0.39 is 12.0 Å². The monoisotopic (exact) mass is 470 g/mol. The topological polar surface area (TPSA) is 49.9 Å². The molecule has 4 atom stereocenters. The highest BCUT2D eigenvalue weighted by atomic mass is 79.9. The molecule has 0 radical (unpaired) electrons. The van der Waals surface area contributed by atoms with Gasteiger partial charge in [-0.2, -0.15) is 0 Å². The van der Waals surface area contributed by atoms with Crippen LogP contribution in [0.15, 0.2) is 59.1 Å². The first-order valence-corrected chi connectivity index (χ1v) is 11.5. The van der Waals surface area contributed by atoms with E-state index in [2.05, 4.69) is 29.8 Å². The van der Waals surface area contributed by atoms with Gasteiger partial charge in [0.25, 0.3) is 5.91 Å². The summed E-state index contributed by atoms with van der Waals surface area (Å²) in [5, 5.41) is 1.84. The van der Waals surface area contributed by atoms with E-state index in [0.717, 1.165) is 35.8 Å². The second-order valence-electron chi connectivity index (χ2n) is 8.00. The van der Waals surface area contributed by atoms with Gasteiger partial charge in [-0.25, -0.2) is 9.96 Å². The molecule has 30 heavy (non-hydrogen) atoms. The van der Waals surface area contributed by atoms with Crippen LogP contribution in [-0.2, 0) is 14.4 Å². The Bertz CT molecular complexity index is 902. The van der Waals surface area contributed by atoms with Crippen LogP contribution in [-0.4, -0.2) is 24.0 Å². The number of fused-ring (bicyclic) bond motifs is 1. The third-order valence-corrected chi connectivity index (χ3v) is 6.72. The Hall–Kier alpha value is -2.18. The van der Waals surface area contributed by atoms with E-state index in [4.69, 9.17) is 4.84 Å². The lowest BCUT2D eigenvalue weighted by Gasteiger charge is -2.33. The van der Waals surface area contributed by atoms with E-state index in [1.807, 2.05) is 47.5 Å². The smallest absolute Gasteiger partial charge is 0.266 e. The molecule has 2 aliphatic heterocycles. The van der Waals surface area contributed by atoms with Crippen molar-refractivity contribution >= 4 is 39.1 Å². The fraction of sp³-hybridized carbons (Fsp3) is 0.417. The molecular weight excluding hydrogens is 444 g/mol. The number of amides is 2. The minimum atomic E-state index is -0.776. The van der Waals surface area contributed by atoms with Gasteiger partial charge in [-0.1, -0.05) is 67.2 Å².